The van der Waals surface area contributed by atoms with Crippen LogP contribution in [0.5, 0.6) is 5.75 Å². The van der Waals surface area contributed by atoms with Gasteiger partial charge in [0.1, 0.15) is 5.75 Å². The van der Waals surface area contributed by atoms with E-state index in [0.29, 0.717) is 16.9 Å². The van der Waals surface area contributed by atoms with Crippen LogP contribution in [-0.2, 0) is 4.79 Å². The van der Waals surface area contributed by atoms with Crippen LogP contribution in [0, 0.1) is 0 Å². The monoisotopic (exact) mass is 337 g/mol. The molecule has 3 N–H and O–H groups in total. The number of benzene rings is 2. The van der Waals surface area contributed by atoms with Crippen molar-refractivity contribution in [2.24, 2.45) is 5.10 Å². The molecule has 0 aliphatic heterocycles. The third-order valence-corrected chi connectivity index (χ3v) is 3.47. The third-order valence-electron chi connectivity index (χ3n) is 3.47. The highest BCUT2D eigenvalue weighted by molar-refractivity contribution is 6.06. The summed E-state index contributed by atoms with van der Waals surface area (Å²) in [7, 11) is 0. The summed E-state index contributed by atoms with van der Waals surface area (Å²) in [5.41, 5.74) is 4.37. The molecule has 0 saturated carbocycles. The molecule has 0 radical (unpaired) electrons. The molecule has 0 aliphatic carbocycles. The van der Waals surface area contributed by atoms with E-state index in [2.05, 4.69) is 15.5 Å². The fourth-order valence-electron chi connectivity index (χ4n) is 2.34. The smallest absolute Gasteiger partial charge is 0.341 e. The molecule has 0 bridgehead atoms. The van der Waals surface area contributed by atoms with Crippen molar-refractivity contribution in [1.82, 2.24) is 10.4 Å². The summed E-state index contributed by atoms with van der Waals surface area (Å²) < 4.78 is 5.18. The van der Waals surface area contributed by atoms with Crippen molar-refractivity contribution in [1.29, 1.82) is 0 Å². The highest BCUT2D eigenvalue weighted by Crippen LogP contribution is 2.18. The van der Waals surface area contributed by atoms with Crippen molar-refractivity contribution in [3.63, 3.8) is 0 Å². The Morgan fingerprint density at radius 1 is 1.16 bits per heavy atom. The Morgan fingerprint density at radius 3 is 2.76 bits per heavy atom. The molecule has 0 fully saturated rings. The first-order valence-corrected chi connectivity index (χ1v) is 7.48. The number of hydrogen-bond acceptors (Lipinski definition) is 4. The molecule has 0 saturated heterocycles. The number of hydrazone groups is 1. The molecule has 0 aliphatic rings. The number of amides is 1. The predicted molar refractivity (Wildman–Crippen MR) is 92.9 cm³/mol. The van der Waals surface area contributed by atoms with Crippen LogP contribution >= 0.6 is 0 Å². The summed E-state index contributed by atoms with van der Waals surface area (Å²) in [6.07, 6.45) is 3.03. The maximum Gasteiger partial charge on any atom is 0.341 e. The van der Waals surface area contributed by atoms with Crippen molar-refractivity contribution >= 4 is 29.0 Å². The second-order valence-corrected chi connectivity index (χ2v) is 5.17. The summed E-state index contributed by atoms with van der Waals surface area (Å²) in [6.45, 7) is -0.452. The number of carboxylic acids is 1. The second-order valence-electron chi connectivity index (χ2n) is 5.17. The van der Waals surface area contributed by atoms with Gasteiger partial charge in [-0.15, -0.1) is 0 Å². The average molecular weight is 337 g/mol. The van der Waals surface area contributed by atoms with E-state index in [1.165, 1.54) is 6.21 Å². The maximum absolute atomic E-state index is 12.3. The summed E-state index contributed by atoms with van der Waals surface area (Å²) in [5, 5.41) is 13.4. The van der Waals surface area contributed by atoms with E-state index < -0.39 is 12.6 Å². The largest absolute Gasteiger partial charge is 0.481 e. The van der Waals surface area contributed by atoms with E-state index in [1.54, 1.807) is 30.5 Å². The number of para-hydroxylation sites is 2. The number of nitrogens with one attached hydrogen (secondary N) is 2. The number of nitrogens with zero attached hydrogens (tertiary/aromatic N) is 1. The van der Waals surface area contributed by atoms with Crippen LogP contribution in [0.3, 0.4) is 0 Å². The highest BCUT2D eigenvalue weighted by Gasteiger charge is 2.10. The number of carboxylic acid groups (broad SMARTS) is 1. The molecule has 0 unspecified atom stereocenters. The summed E-state index contributed by atoms with van der Waals surface area (Å²) in [6, 6.07) is 14.3. The van der Waals surface area contributed by atoms with Gasteiger partial charge in [-0.2, -0.15) is 5.10 Å². The normalized spacial score (nSPS) is 10.9. The Kier molecular flexibility index (Phi) is 4.75. The van der Waals surface area contributed by atoms with Crippen LogP contribution in [-0.4, -0.2) is 34.8 Å². The van der Waals surface area contributed by atoms with Gasteiger partial charge in [0.2, 0.25) is 0 Å². The van der Waals surface area contributed by atoms with Gasteiger partial charge in [-0.05, 0) is 18.2 Å². The zero-order chi connectivity index (χ0) is 17.6. The van der Waals surface area contributed by atoms with Gasteiger partial charge < -0.3 is 14.8 Å². The number of aliphatic carboxylic acids is 1. The third kappa shape index (κ3) is 3.84. The maximum atomic E-state index is 12.3. The minimum atomic E-state index is -1.07. The molecule has 3 rings (SSSR count). The molecule has 7 nitrogen and oxygen atoms in total. The lowest BCUT2D eigenvalue weighted by Crippen LogP contribution is -2.17. The first kappa shape index (κ1) is 16.3. The molecule has 0 atom stereocenters. The van der Waals surface area contributed by atoms with Gasteiger partial charge in [-0.1, -0.05) is 30.3 Å². The van der Waals surface area contributed by atoms with Crippen LogP contribution in [0.1, 0.15) is 15.9 Å². The number of H-pyrrole nitrogens is 1. The number of ether oxygens (including phenoxy) is 1. The van der Waals surface area contributed by atoms with E-state index in [4.69, 9.17) is 9.84 Å². The van der Waals surface area contributed by atoms with Gasteiger partial charge in [0.15, 0.2) is 6.61 Å². The Hall–Kier alpha value is -3.61. The zero-order valence-electron chi connectivity index (χ0n) is 13.1. The van der Waals surface area contributed by atoms with Gasteiger partial charge in [0.25, 0.3) is 5.91 Å². The molecular weight excluding hydrogens is 322 g/mol. The predicted octanol–water partition coefficient (Wildman–Crippen LogP) is 2.40. The van der Waals surface area contributed by atoms with Crippen molar-refractivity contribution in [3.8, 4) is 5.75 Å². The summed E-state index contributed by atoms with van der Waals surface area (Å²) >= 11 is 0. The van der Waals surface area contributed by atoms with Gasteiger partial charge in [0, 0.05) is 22.7 Å². The number of fused-ring (bicyclic) bond motifs is 1. The summed E-state index contributed by atoms with van der Waals surface area (Å²) in [4.78, 5) is 25.9. The number of carbonyl (C=O) groups excluding carboxylic acids is 1. The zero-order valence-corrected chi connectivity index (χ0v) is 13.1. The van der Waals surface area contributed by atoms with Crippen molar-refractivity contribution < 1.29 is 19.4 Å². The molecule has 7 heteroatoms. The second kappa shape index (κ2) is 7.31. The van der Waals surface area contributed by atoms with Crippen LogP contribution < -0.4 is 10.2 Å². The minimum Gasteiger partial charge on any atom is -0.481 e. The molecule has 126 valence electrons. The minimum absolute atomic E-state index is 0.349. The number of hydrogen-bond donors (Lipinski definition) is 3. The topological polar surface area (TPSA) is 104 Å². The van der Waals surface area contributed by atoms with Crippen LogP contribution in [0.15, 0.2) is 59.8 Å². The van der Waals surface area contributed by atoms with Crippen molar-refractivity contribution in [2.45, 2.75) is 0 Å². The Morgan fingerprint density at radius 2 is 1.92 bits per heavy atom. The Balaban J connectivity index is 1.71. The van der Waals surface area contributed by atoms with Crippen molar-refractivity contribution in [3.05, 3.63) is 65.9 Å². The lowest BCUT2D eigenvalue weighted by molar-refractivity contribution is -0.139. The number of aromatic amines is 1. The first-order valence-electron chi connectivity index (χ1n) is 7.48. The van der Waals surface area contributed by atoms with E-state index in [9.17, 15) is 9.59 Å². The molecular formula is C18H15N3O4. The molecule has 1 amide bonds. The molecule has 25 heavy (non-hydrogen) atoms. The van der Waals surface area contributed by atoms with Gasteiger partial charge in [0.05, 0.1) is 11.8 Å². The standard InChI is InChI=1S/C18H15N3O4/c22-17(23)11-25-16-8-4-1-5-12(16)9-20-21-18(24)14-10-19-15-7-3-2-6-13(14)15/h1-10,19H,11H2,(H,21,24)(H,22,23)/b20-9+. The van der Waals surface area contributed by atoms with Crippen LogP contribution in [0.4, 0.5) is 0 Å². The van der Waals surface area contributed by atoms with Gasteiger partial charge in [-0.3, -0.25) is 4.79 Å². The summed E-state index contributed by atoms with van der Waals surface area (Å²) in [5.74, 6) is -1.05. The Labute approximate surface area is 142 Å². The lowest BCUT2D eigenvalue weighted by atomic mass is 10.2. The quantitative estimate of drug-likeness (QED) is 0.474. The molecule has 3 aromatic rings. The van der Waals surface area contributed by atoms with Crippen LogP contribution in [0.25, 0.3) is 10.9 Å². The Bertz CT molecular complexity index is 946. The SMILES string of the molecule is O=C(O)COc1ccccc1/C=N/NC(=O)c1c[nH]c2ccccc12. The van der Waals surface area contributed by atoms with E-state index in [1.807, 2.05) is 24.3 Å². The number of rotatable bonds is 6. The van der Waals surface area contributed by atoms with E-state index in [0.717, 1.165) is 10.9 Å². The lowest BCUT2D eigenvalue weighted by Gasteiger charge is -2.06. The van der Waals surface area contributed by atoms with E-state index in [-0.39, 0.29) is 5.91 Å². The fourth-order valence-corrected chi connectivity index (χ4v) is 2.34. The van der Waals surface area contributed by atoms with Crippen molar-refractivity contribution in [2.75, 3.05) is 6.61 Å². The fraction of sp³-hybridized carbons (Fsp3) is 0.0556. The number of aromatic nitrogens is 1. The van der Waals surface area contributed by atoms with Gasteiger partial charge >= 0.3 is 5.97 Å². The first-order chi connectivity index (χ1) is 12.1. The van der Waals surface area contributed by atoms with Gasteiger partial charge in [-0.25, -0.2) is 10.2 Å². The van der Waals surface area contributed by atoms with Crippen LogP contribution in [0.2, 0.25) is 0 Å². The molecule has 0 spiro atoms. The highest BCUT2D eigenvalue weighted by atomic mass is 16.5. The molecule has 1 aromatic heterocycles. The van der Waals surface area contributed by atoms with E-state index >= 15 is 0 Å². The molecule has 1 heterocycles. The average Bonchev–Trinajstić information content (AvgIpc) is 3.05. The number of carbonyl (C=O) groups is 2. The molecule has 2 aromatic carbocycles.